The topological polar surface area (TPSA) is 54.4 Å². The normalized spacial score (nSPS) is 9.48. The van der Waals surface area contributed by atoms with Gasteiger partial charge in [-0.05, 0) is 42.3 Å². The molecule has 4 nitrogen and oxygen atoms in total. The first kappa shape index (κ1) is 14.3. The fourth-order valence-electron chi connectivity index (χ4n) is 1.88. The Labute approximate surface area is 123 Å². The van der Waals surface area contributed by atoms with Crippen molar-refractivity contribution in [3.05, 3.63) is 64.5 Å². The van der Waals surface area contributed by atoms with Crippen LogP contribution in [-0.2, 0) is 11.2 Å². The van der Waals surface area contributed by atoms with Gasteiger partial charge in [0.1, 0.15) is 17.8 Å². The SMILES string of the molecule is [C-]#[N+]c1cc(C#N)cc(Oc2cc(CC=O)ccc2C)c1. The number of aldehydes is 1. The van der Waals surface area contributed by atoms with Crippen molar-refractivity contribution in [2.75, 3.05) is 0 Å². The van der Waals surface area contributed by atoms with Crippen molar-refractivity contribution in [2.24, 2.45) is 0 Å². The number of ether oxygens (including phenoxy) is 1. The fourth-order valence-corrected chi connectivity index (χ4v) is 1.88. The highest BCUT2D eigenvalue weighted by Crippen LogP contribution is 2.30. The summed E-state index contributed by atoms with van der Waals surface area (Å²) in [5.41, 5.74) is 2.50. The van der Waals surface area contributed by atoms with Crippen LogP contribution in [0.4, 0.5) is 5.69 Å². The van der Waals surface area contributed by atoms with E-state index in [1.54, 1.807) is 18.2 Å². The van der Waals surface area contributed by atoms with Gasteiger partial charge in [0.15, 0.2) is 5.69 Å². The van der Waals surface area contributed by atoms with E-state index < -0.39 is 0 Å². The molecule has 0 N–H and O–H groups in total. The highest BCUT2D eigenvalue weighted by atomic mass is 16.5. The van der Waals surface area contributed by atoms with Crippen LogP contribution in [0.2, 0.25) is 0 Å². The molecule has 2 aromatic rings. The third-order valence-corrected chi connectivity index (χ3v) is 2.95. The maximum atomic E-state index is 10.6. The van der Waals surface area contributed by atoms with E-state index >= 15 is 0 Å². The predicted octanol–water partition coefficient (Wildman–Crippen LogP) is 3.95. The Morgan fingerprint density at radius 3 is 2.81 bits per heavy atom. The summed E-state index contributed by atoms with van der Waals surface area (Å²) in [7, 11) is 0. The second-order valence-electron chi connectivity index (χ2n) is 4.51. The third kappa shape index (κ3) is 3.46. The first-order chi connectivity index (χ1) is 10.2. The Kier molecular flexibility index (Phi) is 4.33. The van der Waals surface area contributed by atoms with Crippen LogP contribution in [0.25, 0.3) is 4.85 Å². The van der Waals surface area contributed by atoms with Gasteiger partial charge in [-0.2, -0.15) is 5.26 Å². The molecule has 0 unspecified atom stereocenters. The van der Waals surface area contributed by atoms with Gasteiger partial charge >= 0.3 is 0 Å². The monoisotopic (exact) mass is 276 g/mol. The maximum absolute atomic E-state index is 10.6. The summed E-state index contributed by atoms with van der Waals surface area (Å²) >= 11 is 0. The summed E-state index contributed by atoms with van der Waals surface area (Å²) in [5.74, 6) is 1.05. The minimum Gasteiger partial charge on any atom is -0.458 e. The van der Waals surface area contributed by atoms with Gasteiger partial charge in [0, 0.05) is 12.0 Å². The zero-order chi connectivity index (χ0) is 15.2. The Hall–Kier alpha value is -3.11. The van der Waals surface area contributed by atoms with E-state index in [0.717, 1.165) is 17.4 Å². The molecule has 0 heterocycles. The summed E-state index contributed by atoms with van der Waals surface area (Å²) in [4.78, 5) is 13.9. The number of hydrogen-bond acceptors (Lipinski definition) is 3. The van der Waals surface area contributed by atoms with Crippen molar-refractivity contribution in [3.63, 3.8) is 0 Å². The Balaban J connectivity index is 2.38. The molecule has 2 rings (SSSR count). The Morgan fingerprint density at radius 1 is 1.33 bits per heavy atom. The standard InChI is InChI=1S/C17H12N2O2/c1-12-3-4-13(5-6-20)9-17(12)21-16-8-14(11-18)7-15(10-16)19-2/h3-4,6-10H,5H2,1H3. The molecular formula is C17H12N2O2. The molecule has 2 aromatic carbocycles. The van der Waals surface area contributed by atoms with Crippen LogP contribution in [-0.4, -0.2) is 6.29 Å². The minimum atomic E-state index is 0.322. The Bertz CT molecular complexity index is 735. The highest BCUT2D eigenvalue weighted by molar-refractivity contribution is 5.58. The van der Waals surface area contributed by atoms with Crippen LogP contribution in [0.1, 0.15) is 16.7 Å². The Morgan fingerprint density at radius 2 is 2.14 bits per heavy atom. The maximum Gasteiger partial charge on any atom is 0.192 e. The van der Waals surface area contributed by atoms with Gasteiger partial charge in [0.2, 0.25) is 0 Å². The first-order valence-corrected chi connectivity index (χ1v) is 6.30. The summed E-state index contributed by atoms with van der Waals surface area (Å²) in [6.45, 7) is 8.94. The number of aryl methyl sites for hydroxylation is 1. The molecule has 102 valence electrons. The van der Waals surface area contributed by atoms with Gasteiger partial charge in [-0.15, -0.1) is 0 Å². The van der Waals surface area contributed by atoms with Crippen molar-refractivity contribution < 1.29 is 9.53 Å². The number of rotatable bonds is 4. The van der Waals surface area contributed by atoms with E-state index in [4.69, 9.17) is 16.6 Å². The van der Waals surface area contributed by atoms with Gasteiger partial charge in [0.05, 0.1) is 12.6 Å². The molecule has 0 bridgehead atoms. The van der Waals surface area contributed by atoms with Crippen LogP contribution < -0.4 is 4.74 Å². The predicted molar refractivity (Wildman–Crippen MR) is 78.4 cm³/mol. The summed E-state index contributed by atoms with van der Waals surface area (Å²) in [6, 6.07) is 12.2. The van der Waals surface area contributed by atoms with Crippen LogP contribution in [0.5, 0.6) is 11.5 Å². The zero-order valence-corrected chi connectivity index (χ0v) is 11.5. The lowest BCUT2D eigenvalue weighted by atomic mass is 10.1. The van der Waals surface area contributed by atoms with Crippen molar-refractivity contribution in [1.29, 1.82) is 5.26 Å². The molecule has 0 aliphatic heterocycles. The molecule has 4 heteroatoms. The van der Waals surface area contributed by atoms with Crippen LogP contribution >= 0.6 is 0 Å². The third-order valence-electron chi connectivity index (χ3n) is 2.95. The quantitative estimate of drug-likeness (QED) is 0.627. The van der Waals surface area contributed by atoms with Crippen molar-refractivity contribution >= 4 is 12.0 Å². The van der Waals surface area contributed by atoms with Crippen molar-refractivity contribution in [2.45, 2.75) is 13.3 Å². The largest absolute Gasteiger partial charge is 0.458 e. The molecule has 0 radical (unpaired) electrons. The van der Waals surface area contributed by atoms with Gasteiger partial charge in [0.25, 0.3) is 0 Å². The summed E-state index contributed by atoms with van der Waals surface area (Å²) in [5, 5.41) is 8.97. The number of nitrogens with zero attached hydrogens (tertiary/aromatic N) is 2. The molecule has 0 saturated carbocycles. The molecule has 0 aliphatic rings. The molecule has 0 aliphatic carbocycles. The minimum absolute atomic E-state index is 0.322. The first-order valence-electron chi connectivity index (χ1n) is 6.30. The van der Waals surface area contributed by atoms with Crippen molar-refractivity contribution in [1.82, 2.24) is 0 Å². The van der Waals surface area contributed by atoms with Crippen molar-refractivity contribution in [3.8, 4) is 17.6 Å². The summed E-state index contributed by atoms with van der Waals surface area (Å²) < 4.78 is 5.77. The molecule has 0 aromatic heterocycles. The van der Waals surface area contributed by atoms with Crippen LogP contribution in [0.15, 0.2) is 36.4 Å². The smallest absolute Gasteiger partial charge is 0.192 e. The van der Waals surface area contributed by atoms with Gasteiger partial charge < -0.3 is 9.53 Å². The zero-order valence-electron chi connectivity index (χ0n) is 11.5. The second-order valence-corrected chi connectivity index (χ2v) is 4.51. The highest BCUT2D eigenvalue weighted by Gasteiger charge is 2.06. The lowest BCUT2D eigenvalue weighted by Crippen LogP contribution is -1.92. The van der Waals surface area contributed by atoms with Gasteiger partial charge in [-0.3, -0.25) is 0 Å². The van der Waals surface area contributed by atoms with E-state index in [2.05, 4.69) is 4.85 Å². The van der Waals surface area contributed by atoms with E-state index in [1.807, 2.05) is 25.1 Å². The molecule has 0 spiro atoms. The number of hydrogen-bond donors (Lipinski definition) is 0. The van der Waals surface area contributed by atoms with E-state index in [1.165, 1.54) is 6.07 Å². The van der Waals surface area contributed by atoms with Gasteiger partial charge in [-0.1, -0.05) is 12.1 Å². The van der Waals surface area contributed by atoms with Crippen LogP contribution in [0, 0.1) is 24.8 Å². The van der Waals surface area contributed by atoms with E-state index in [9.17, 15) is 4.79 Å². The average molecular weight is 276 g/mol. The number of nitriles is 1. The molecular weight excluding hydrogens is 264 g/mol. The molecule has 0 amide bonds. The molecule has 21 heavy (non-hydrogen) atoms. The number of benzene rings is 2. The molecule has 0 fully saturated rings. The average Bonchev–Trinajstić information content (AvgIpc) is 2.50. The van der Waals surface area contributed by atoms with E-state index in [0.29, 0.717) is 29.2 Å². The van der Waals surface area contributed by atoms with Gasteiger partial charge in [-0.25, -0.2) is 4.85 Å². The summed E-state index contributed by atoms with van der Waals surface area (Å²) in [6.07, 6.45) is 1.16. The fraction of sp³-hybridized carbons (Fsp3) is 0.118. The van der Waals surface area contributed by atoms with Crippen LogP contribution in [0.3, 0.4) is 0 Å². The molecule has 0 saturated heterocycles. The second kappa shape index (κ2) is 6.36. The van der Waals surface area contributed by atoms with E-state index in [-0.39, 0.29) is 0 Å². The number of carbonyl (C=O) groups excluding carboxylic acids is 1. The lowest BCUT2D eigenvalue weighted by molar-refractivity contribution is -0.107. The number of carbonyl (C=O) groups is 1. The molecule has 0 atom stereocenters. The lowest BCUT2D eigenvalue weighted by Gasteiger charge is -2.10.